The maximum atomic E-state index is 6.12. The quantitative estimate of drug-likeness (QED) is 0.899. The zero-order valence-corrected chi connectivity index (χ0v) is 12.0. The lowest BCUT2D eigenvalue weighted by molar-refractivity contribution is 0.0379. The van der Waals surface area contributed by atoms with Gasteiger partial charge in [-0.05, 0) is 61.9 Å². The lowest BCUT2D eigenvalue weighted by atomic mass is 9.70. The van der Waals surface area contributed by atoms with Crippen LogP contribution < -0.4 is 5.73 Å². The summed E-state index contributed by atoms with van der Waals surface area (Å²) in [7, 11) is 0. The van der Waals surface area contributed by atoms with Gasteiger partial charge in [0.25, 0.3) is 0 Å². The van der Waals surface area contributed by atoms with Gasteiger partial charge in [-0.3, -0.25) is 0 Å². The Balaban J connectivity index is 1.79. The van der Waals surface area contributed by atoms with E-state index in [-0.39, 0.29) is 0 Å². The molecule has 2 N–H and O–H groups in total. The van der Waals surface area contributed by atoms with Crippen LogP contribution in [0, 0.1) is 11.8 Å². The minimum atomic E-state index is 0.555. The van der Waals surface area contributed by atoms with Crippen molar-refractivity contribution in [2.45, 2.75) is 32.1 Å². The molecule has 0 aromatic heterocycles. The lowest BCUT2D eigenvalue weighted by Crippen LogP contribution is -2.50. The summed E-state index contributed by atoms with van der Waals surface area (Å²) in [6, 6.07) is 9.18. The zero-order chi connectivity index (χ0) is 13.2. The first-order valence-corrected chi connectivity index (χ1v) is 7.83. The summed E-state index contributed by atoms with van der Waals surface area (Å²) in [5.74, 6) is 2.24. The van der Waals surface area contributed by atoms with E-state index in [1.807, 2.05) is 0 Å². The first kappa shape index (κ1) is 13.1. The normalized spacial score (nSPS) is 31.4. The Kier molecular flexibility index (Phi) is 3.90. The van der Waals surface area contributed by atoms with Gasteiger partial charge in [-0.2, -0.15) is 0 Å². The molecule has 0 spiro atoms. The van der Waals surface area contributed by atoms with Gasteiger partial charge in [-0.15, -0.1) is 0 Å². The van der Waals surface area contributed by atoms with Crippen LogP contribution in [0.3, 0.4) is 0 Å². The van der Waals surface area contributed by atoms with Crippen molar-refractivity contribution in [2.24, 2.45) is 17.6 Å². The van der Waals surface area contributed by atoms with Gasteiger partial charge in [-0.25, -0.2) is 0 Å². The van der Waals surface area contributed by atoms with Crippen LogP contribution in [-0.2, 0) is 6.42 Å². The number of fused-ring (bicyclic) bond motifs is 3. The van der Waals surface area contributed by atoms with Crippen molar-refractivity contribution in [2.75, 3.05) is 26.2 Å². The summed E-state index contributed by atoms with van der Waals surface area (Å²) in [5.41, 5.74) is 9.00. The molecule has 1 aromatic rings. The number of nitrogens with two attached hydrogens (primary N) is 1. The van der Waals surface area contributed by atoms with Gasteiger partial charge in [0.15, 0.2) is 0 Å². The van der Waals surface area contributed by atoms with Crippen LogP contribution in [0.2, 0.25) is 0 Å². The molecule has 0 aliphatic carbocycles. The smallest absolute Gasteiger partial charge is 0.00187 e. The third-order valence-electron chi connectivity index (χ3n) is 5.29. The van der Waals surface area contributed by atoms with E-state index >= 15 is 0 Å². The molecule has 3 aliphatic rings. The second-order valence-electron chi connectivity index (χ2n) is 6.24. The highest BCUT2D eigenvalue weighted by atomic mass is 15.1. The topological polar surface area (TPSA) is 29.3 Å². The van der Waals surface area contributed by atoms with Crippen molar-refractivity contribution >= 4 is 0 Å². The molecular formula is C17H26N2. The Hall–Kier alpha value is -0.860. The molecule has 3 saturated heterocycles. The van der Waals surface area contributed by atoms with E-state index in [2.05, 4.69) is 36.1 Å². The molecule has 2 nitrogen and oxygen atoms in total. The fourth-order valence-corrected chi connectivity index (χ4v) is 4.03. The van der Waals surface area contributed by atoms with Gasteiger partial charge in [0.2, 0.25) is 0 Å². The average Bonchev–Trinajstić information content (AvgIpc) is 2.50. The standard InChI is InChI=1S/C17H26N2/c1-2-13-3-5-14(6-4-13)16(11-18)17-12-19-9-7-15(17)8-10-19/h3-6,15-17H,2,7-12,18H2,1H3. The Morgan fingerprint density at radius 1 is 1.21 bits per heavy atom. The molecule has 3 fully saturated rings. The maximum Gasteiger partial charge on any atom is 0.00187 e. The SMILES string of the molecule is CCc1ccc(C(CN)C2CN3CCC2CC3)cc1. The summed E-state index contributed by atoms with van der Waals surface area (Å²) >= 11 is 0. The summed E-state index contributed by atoms with van der Waals surface area (Å²) in [4.78, 5) is 2.63. The van der Waals surface area contributed by atoms with Gasteiger partial charge in [-0.1, -0.05) is 31.2 Å². The zero-order valence-electron chi connectivity index (χ0n) is 12.0. The van der Waals surface area contributed by atoms with E-state index in [1.165, 1.54) is 43.6 Å². The molecule has 2 atom stereocenters. The van der Waals surface area contributed by atoms with Crippen molar-refractivity contribution in [3.8, 4) is 0 Å². The molecule has 0 saturated carbocycles. The second-order valence-corrected chi connectivity index (χ2v) is 6.24. The molecule has 3 heterocycles. The molecule has 2 unspecified atom stereocenters. The third-order valence-corrected chi connectivity index (χ3v) is 5.29. The highest BCUT2D eigenvalue weighted by Crippen LogP contribution is 2.40. The Bertz CT molecular complexity index is 404. The third kappa shape index (κ3) is 2.56. The van der Waals surface area contributed by atoms with Crippen LogP contribution in [0.25, 0.3) is 0 Å². The van der Waals surface area contributed by atoms with E-state index in [9.17, 15) is 0 Å². The summed E-state index contributed by atoms with van der Waals surface area (Å²) in [5, 5.41) is 0. The number of rotatable bonds is 4. The van der Waals surface area contributed by atoms with Crippen molar-refractivity contribution < 1.29 is 0 Å². The number of nitrogens with zero attached hydrogens (tertiary/aromatic N) is 1. The minimum absolute atomic E-state index is 0.555. The Morgan fingerprint density at radius 3 is 2.37 bits per heavy atom. The molecule has 0 radical (unpaired) electrons. The van der Waals surface area contributed by atoms with Gasteiger partial charge in [0.1, 0.15) is 0 Å². The molecule has 4 rings (SSSR count). The summed E-state index contributed by atoms with van der Waals surface area (Å²) < 4.78 is 0. The fourth-order valence-electron chi connectivity index (χ4n) is 4.03. The number of hydrogen-bond donors (Lipinski definition) is 1. The van der Waals surface area contributed by atoms with E-state index in [4.69, 9.17) is 5.73 Å². The molecule has 1 aromatic carbocycles. The van der Waals surface area contributed by atoms with Crippen LogP contribution in [0.1, 0.15) is 36.8 Å². The Labute approximate surface area is 117 Å². The van der Waals surface area contributed by atoms with Crippen LogP contribution in [-0.4, -0.2) is 31.1 Å². The molecule has 104 valence electrons. The van der Waals surface area contributed by atoms with Gasteiger partial charge in [0.05, 0.1) is 0 Å². The first-order chi connectivity index (χ1) is 9.31. The number of piperidine rings is 3. The van der Waals surface area contributed by atoms with E-state index in [0.29, 0.717) is 5.92 Å². The van der Waals surface area contributed by atoms with Crippen LogP contribution in [0.15, 0.2) is 24.3 Å². The van der Waals surface area contributed by atoms with Crippen LogP contribution in [0.5, 0.6) is 0 Å². The van der Waals surface area contributed by atoms with Crippen LogP contribution in [0.4, 0.5) is 0 Å². The largest absolute Gasteiger partial charge is 0.330 e. The van der Waals surface area contributed by atoms with E-state index < -0.39 is 0 Å². The summed E-state index contributed by atoms with van der Waals surface area (Å²) in [6.45, 7) is 6.89. The molecular weight excluding hydrogens is 232 g/mol. The highest BCUT2D eigenvalue weighted by molar-refractivity contribution is 5.27. The summed E-state index contributed by atoms with van der Waals surface area (Å²) in [6.07, 6.45) is 3.88. The number of benzene rings is 1. The van der Waals surface area contributed by atoms with Crippen molar-refractivity contribution in [3.05, 3.63) is 35.4 Å². The molecule has 3 aliphatic heterocycles. The number of aryl methyl sites for hydroxylation is 1. The predicted octanol–water partition coefficient (Wildman–Crippen LogP) is 2.63. The number of hydrogen-bond acceptors (Lipinski definition) is 2. The van der Waals surface area contributed by atoms with E-state index in [1.54, 1.807) is 0 Å². The Morgan fingerprint density at radius 2 is 1.89 bits per heavy atom. The molecule has 19 heavy (non-hydrogen) atoms. The van der Waals surface area contributed by atoms with Gasteiger partial charge in [0, 0.05) is 12.5 Å². The molecule has 2 heteroatoms. The highest BCUT2D eigenvalue weighted by Gasteiger charge is 2.38. The first-order valence-electron chi connectivity index (χ1n) is 7.83. The average molecular weight is 258 g/mol. The van der Waals surface area contributed by atoms with Gasteiger partial charge >= 0.3 is 0 Å². The second kappa shape index (κ2) is 5.64. The van der Waals surface area contributed by atoms with Gasteiger partial charge < -0.3 is 10.6 Å². The molecule has 0 amide bonds. The monoisotopic (exact) mass is 258 g/mol. The van der Waals surface area contributed by atoms with Crippen molar-refractivity contribution in [1.29, 1.82) is 0 Å². The predicted molar refractivity (Wildman–Crippen MR) is 80.3 cm³/mol. The van der Waals surface area contributed by atoms with E-state index in [0.717, 1.165) is 24.8 Å². The van der Waals surface area contributed by atoms with Crippen LogP contribution >= 0.6 is 0 Å². The minimum Gasteiger partial charge on any atom is -0.330 e. The van der Waals surface area contributed by atoms with Crippen molar-refractivity contribution in [3.63, 3.8) is 0 Å². The maximum absolute atomic E-state index is 6.12. The fraction of sp³-hybridized carbons (Fsp3) is 0.647. The lowest BCUT2D eigenvalue weighted by Gasteiger charge is -2.47. The van der Waals surface area contributed by atoms with Crippen molar-refractivity contribution in [1.82, 2.24) is 4.90 Å². The molecule has 2 bridgehead atoms.